The van der Waals surface area contributed by atoms with Crippen LogP contribution in [0.3, 0.4) is 0 Å². The Morgan fingerprint density at radius 1 is 1.00 bits per heavy atom. The van der Waals surface area contributed by atoms with Crippen molar-refractivity contribution in [3.63, 3.8) is 0 Å². The average Bonchev–Trinajstić information content (AvgIpc) is 2.31. The minimum atomic E-state index is -3.46. The van der Waals surface area contributed by atoms with Crippen molar-refractivity contribution in [1.82, 2.24) is 0 Å². The molecule has 0 radical (unpaired) electrons. The molecule has 0 unspecified atom stereocenters. The summed E-state index contributed by atoms with van der Waals surface area (Å²) in [7, 11) is 0. The quantitative estimate of drug-likeness (QED) is 0.491. The minimum absolute atomic E-state index is 0.261. The number of rotatable bonds is 4. The van der Waals surface area contributed by atoms with Crippen LogP contribution >= 0.6 is 0 Å². The lowest BCUT2D eigenvalue weighted by atomic mass is 9.95. The van der Waals surface area contributed by atoms with E-state index in [0.717, 1.165) is 12.1 Å². The molecule has 0 saturated carbocycles. The third kappa shape index (κ3) is 2.39. The number of alkyl halides is 4. The molecule has 1 aromatic carbocycles. The third-order valence-corrected chi connectivity index (χ3v) is 2.56. The number of halogens is 4. The van der Waals surface area contributed by atoms with Gasteiger partial charge in [-0.1, -0.05) is 13.2 Å². The number of nitrogen functional groups attached to an aromatic ring is 1. The number of benzene rings is 1. The fourth-order valence-electron chi connectivity index (χ4n) is 1.57. The van der Waals surface area contributed by atoms with Crippen LogP contribution in [0.25, 0.3) is 0 Å². The Morgan fingerprint density at radius 3 is 1.61 bits per heavy atom. The van der Waals surface area contributed by atoms with E-state index in [9.17, 15) is 17.6 Å². The Balaban J connectivity index is 3.60. The molecule has 2 N–H and O–H groups in total. The van der Waals surface area contributed by atoms with Crippen LogP contribution in [0, 0.1) is 6.92 Å². The van der Waals surface area contributed by atoms with E-state index in [0.29, 0.717) is 12.2 Å². The molecule has 0 aliphatic rings. The van der Waals surface area contributed by atoms with Gasteiger partial charge in [0.15, 0.2) is 0 Å². The highest BCUT2D eigenvalue weighted by Crippen LogP contribution is 2.41. The van der Waals surface area contributed by atoms with Crippen LogP contribution in [-0.4, -0.2) is 0 Å². The smallest absolute Gasteiger partial charge is 0.293 e. The van der Waals surface area contributed by atoms with Crippen molar-refractivity contribution in [2.45, 2.75) is 18.8 Å². The van der Waals surface area contributed by atoms with Gasteiger partial charge in [-0.3, -0.25) is 0 Å². The van der Waals surface area contributed by atoms with Crippen molar-refractivity contribution in [3.8, 4) is 0 Å². The maximum Gasteiger partial charge on any atom is 0.293 e. The maximum absolute atomic E-state index is 13.5. The Labute approximate surface area is 103 Å². The maximum atomic E-state index is 13.5. The van der Waals surface area contributed by atoms with Gasteiger partial charge in [0.05, 0.1) is 5.69 Å². The summed E-state index contributed by atoms with van der Waals surface area (Å²) in [6.45, 7) is 7.39. The number of nitrogens with two attached hydrogens (primary N) is 1. The van der Waals surface area contributed by atoms with Gasteiger partial charge in [-0.05, 0) is 36.8 Å². The summed E-state index contributed by atoms with van der Waals surface area (Å²) in [5.74, 6) is -6.91. The second-order valence-electron chi connectivity index (χ2n) is 3.93. The number of hydrogen-bond donors (Lipinski definition) is 1. The molecule has 0 spiro atoms. The van der Waals surface area contributed by atoms with Gasteiger partial charge < -0.3 is 5.73 Å². The third-order valence-electron chi connectivity index (χ3n) is 2.56. The molecule has 0 saturated heterocycles. The molecule has 1 rings (SSSR count). The van der Waals surface area contributed by atoms with E-state index in [1.807, 2.05) is 0 Å². The molecule has 0 amide bonds. The first kappa shape index (κ1) is 14.3. The Bertz CT molecular complexity index is 451. The lowest BCUT2D eigenvalue weighted by Crippen LogP contribution is -2.19. The zero-order valence-electron chi connectivity index (χ0n) is 9.81. The van der Waals surface area contributed by atoms with Gasteiger partial charge >= 0.3 is 0 Å². The molecule has 0 heterocycles. The van der Waals surface area contributed by atoms with Crippen LogP contribution in [0.2, 0.25) is 0 Å². The van der Waals surface area contributed by atoms with Gasteiger partial charge in [0.25, 0.3) is 11.8 Å². The highest BCUT2D eigenvalue weighted by Gasteiger charge is 2.36. The average molecular weight is 259 g/mol. The van der Waals surface area contributed by atoms with Crippen molar-refractivity contribution in [1.29, 1.82) is 0 Å². The Kier molecular flexibility index (Phi) is 3.55. The molecule has 0 aliphatic heterocycles. The normalized spacial score (nSPS) is 12.3. The van der Waals surface area contributed by atoms with Crippen LogP contribution in [0.4, 0.5) is 23.2 Å². The first-order valence-corrected chi connectivity index (χ1v) is 5.09. The van der Waals surface area contributed by atoms with Crippen LogP contribution in [0.5, 0.6) is 0 Å². The second kappa shape index (κ2) is 4.48. The van der Waals surface area contributed by atoms with E-state index < -0.39 is 28.7 Å². The molecule has 0 atom stereocenters. The van der Waals surface area contributed by atoms with Gasteiger partial charge in [-0.2, -0.15) is 17.6 Å². The predicted octanol–water partition coefficient (Wildman–Crippen LogP) is 4.13. The van der Waals surface area contributed by atoms with Crippen molar-refractivity contribution >= 4 is 5.69 Å². The topological polar surface area (TPSA) is 26.0 Å². The first-order valence-electron chi connectivity index (χ1n) is 5.09. The predicted molar refractivity (Wildman–Crippen MR) is 63.8 cm³/mol. The molecule has 1 nitrogen and oxygen atoms in total. The number of allylic oxidation sites excluding steroid dienone is 2. The van der Waals surface area contributed by atoms with Crippen molar-refractivity contribution in [2.75, 3.05) is 5.73 Å². The van der Waals surface area contributed by atoms with Crippen LogP contribution in [0.15, 0.2) is 37.4 Å². The van der Waals surface area contributed by atoms with E-state index in [1.165, 1.54) is 6.92 Å². The summed E-state index contributed by atoms with van der Waals surface area (Å²) >= 11 is 0. The number of aryl methyl sites for hydroxylation is 1. The minimum Gasteiger partial charge on any atom is -0.398 e. The fourth-order valence-corrected chi connectivity index (χ4v) is 1.57. The van der Waals surface area contributed by atoms with Gasteiger partial charge in [0.1, 0.15) is 0 Å². The number of hydrogen-bond acceptors (Lipinski definition) is 1. The molecule has 0 aliphatic carbocycles. The van der Waals surface area contributed by atoms with Gasteiger partial charge in [0.2, 0.25) is 0 Å². The molecule has 0 fully saturated rings. The summed E-state index contributed by atoms with van der Waals surface area (Å²) in [5.41, 5.74) is 3.69. The summed E-state index contributed by atoms with van der Waals surface area (Å²) in [6, 6.07) is 2.14. The molecule has 0 aromatic heterocycles. The summed E-state index contributed by atoms with van der Waals surface area (Å²) in [4.78, 5) is 0. The van der Waals surface area contributed by atoms with Crippen LogP contribution in [-0.2, 0) is 11.8 Å². The molecule has 0 bridgehead atoms. The zero-order valence-corrected chi connectivity index (χ0v) is 9.81. The summed E-state index contributed by atoms with van der Waals surface area (Å²) in [5, 5.41) is 0. The molecule has 98 valence electrons. The summed E-state index contributed by atoms with van der Waals surface area (Å²) < 4.78 is 54.1. The highest BCUT2D eigenvalue weighted by atomic mass is 19.3. The lowest BCUT2D eigenvalue weighted by molar-refractivity contribution is 0.0469. The Morgan fingerprint density at radius 2 is 1.33 bits per heavy atom. The van der Waals surface area contributed by atoms with Crippen molar-refractivity contribution in [2.24, 2.45) is 0 Å². The summed E-state index contributed by atoms with van der Waals surface area (Å²) in [6.07, 6.45) is 0.738. The van der Waals surface area contributed by atoms with Crippen LogP contribution in [0.1, 0.15) is 16.7 Å². The molecular weight excluding hydrogens is 246 g/mol. The second-order valence-corrected chi connectivity index (χ2v) is 3.93. The van der Waals surface area contributed by atoms with Gasteiger partial charge in [-0.15, -0.1) is 0 Å². The molecule has 5 heteroatoms. The SMILES string of the molecule is C=CC(F)(F)c1cc(C)cc(C(F)(F)C=C)c1N. The number of anilines is 1. The van der Waals surface area contributed by atoms with E-state index in [4.69, 9.17) is 5.73 Å². The van der Waals surface area contributed by atoms with E-state index in [2.05, 4.69) is 13.2 Å². The lowest BCUT2D eigenvalue weighted by Gasteiger charge is -2.21. The van der Waals surface area contributed by atoms with Gasteiger partial charge in [-0.25, -0.2) is 0 Å². The molecule has 18 heavy (non-hydrogen) atoms. The van der Waals surface area contributed by atoms with Gasteiger partial charge in [0, 0.05) is 11.1 Å². The molecule has 1 aromatic rings. The fraction of sp³-hybridized carbons (Fsp3) is 0.231. The van der Waals surface area contributed by atoms with E-state index in [-0.39, 0.29) is 5.56 Å². The van der Waals surface area contributed by atoms with Crippen LogP contribution < -0.4 is 5.73 Å². The highest BCUT2D eigenvalue weighted by molar-refractivity contribution is 5.60. The standard InChI is InChI=1S/C13H13F4N/c1-4-12(14,15)9-6-8(3)7-10(11(9)18)13(16,17)5-2/h4-7H,1-2,18H2,3H3. The largest absolute Gasteiger partial charge is 0.398 e. The first-order chi connectivity index (χ1) is 8.15. The monoisotopic (exact) mass is 259 g/mol. The van der Waals surface area contributed by atoms with Crippen molar-refractivity contribution < 1.29 is 17.6 Å². The van der Waals surface area contributed by atoms with E-state index in [1.54, 1.807) is 0 Å². The van der Waals surface area contributed by atoms with E-state index >= 15 is 0 Å². The van der Waals surface area contributed by atoms with Crippen molar-refractivity contribution in [3.05, 3.63) is 54.1 Å². The molecular formula is C13H13F4N. The zero-order chi connectivity index (χ0) is 14.1. The Hall–Kier alpha value is -1.78.